The number of carbonyl (C=O) groups excluding carboxylic acids is 1. The van der Waals surface area contributed by atoms with Crippen LogP contribution >= 0.6 is 23.1 Å². The van der Waals surface area contributed by atoms with Gasteiger partial charge in [0.25, 0.3) is 0 Å². The van der Waals surface area contributed by atoms with Gasteiger partial charge in [-0.2, -0.15) is 0 Å². The maximum Gasteiger partial charge on any atom is 0.353 e. The van der Waals surface area contributed by atoms with Gasteiger partial charge in [0.05, 0.1) is 36.4 Å². The summed E-state index contributed by atoms with van der Waals surface area (Å²) in [7, 11) is 1.94. The van der Waals surface area contributed by atoms with E-state index in [-0.39, 0.29) is 36.2 Å². The van der Waals surface area contributed by atoms with Crippen LogP contribution < -0.4 is 0 Å². The molecule has 1 amide bonds. The number of amides is 1. The Morgan fingerprint density at radius 1 is 1.48 bits per heavy atom. The highest BCUT2D eigenvalue weighted by atomic mass is 32.2. The number of fused-ring (bicyclic) bond motifs is 1. The van der Waals surface area contributed by atoms with Crippen molar-refractivity contribution in [3.63, 3.8) is 0 Å². The Morgan fingerprint density at radius 3 is 2.83 bits per heavy atom. The first-order valence-corrected chi connectivity index (χ1v) is 11.1. The van der Waals surface area contributed by atoms with Crippen LogP contribution in [0.25, 0.3) is 5.57 Å². The summed E-state index contributed by atoms with van der Waals surface area (Å²) in [6.45, 7) is 4.20. The smallest absolute Gasteiger partial charge is 0.353 e. The van der Waals surface area contributed by atoms with E-state index < -0.39 is 18.0 Å². The zero-order chi connectivity index (χ0) is 21.0. The molecule has 5 unspecified atom stereocenters. The molecule has 10 heteroatoms. The zero-order valence-corrected chi connectivity index (χ0v) is 17.9. The quantitative estimate of drug-likeness (QED) is 0.567. The van der Waals surface area contributed by atoms with Crippen LogP contribution in [0, 0.1) is 11.8 Å². The van der Waals surface area contributed by atoms with Crippen LogP contribution in [-0.4, -0.2) is 80.4 Å². The highest BCUT2D eigenvalue weighted by molar-refractivity contribution is 8.04. The zero-order valence-electron chi connectivity index (χ0n) is 16.3. The minimum atomic E-state index is -1.14. The molecule has 1 aromatic heterocycles. The second-order valence-corrected chi connectivity index (χ2v) is 9.82. The highest BCUT2D eigenvalue weighted by Crippen LogP contribution is 2.52. The molecule has 4 heterocycles. The second-order valence-electron chi connectivity index (χ2n) is 7.67. The molecule has 5 atom stereocenters. The Balaban J connectivity index is 1.61. The second kappa shape index (κ2) is 7.51. The van der Waals surface area contributed by atoms with Crippen LogP contribution in [0.4, 0.5) is 0 Å². The molecule has 0 saturated carbocycles. The van der Waals surface area contributed by atoms with Crippen molar-refractivity contribution < 1.29 is 24.9 Å². The Hall–Kier alpha value is -1.72. The van der Waals surface area contributed by atoms with E-state index >= 15 is 0 Å². The number of aliphatic hydroxyl groups is 2. The van der Waals surface area contributed by atoms with Crippen LogP contribution in [0.2, 0.25) is 0 Å². The number of likely N-dealkylation sites (N-methyl/N-ethyl adjacent to an activating group) is 1. The molecule has 3 N–H and O–H groups in total. The van der Waals surface area contributed by atoms with Crippen molar-refractivity contribution in [3.8, 4) is 0 Å². The number of aliphatic carboxylic acids is 1. The van der Waals surface area contributed by atoms with E-state index in [9.17, 15) is 24.9 Å². The molecule has 0 spiro atoms. The van der Waals surface area contributed by atoms with Gasteiger partial charge in [0.1, 0.15) is 5.70 Å². The largest absolute Gasteiger partial charge is 0.477 e. The van der Waals surface area contributed by atoms with Gasteiger partial charge in [0.15, 0.2) is 4.34 Å². The molecule has 3 aliphatic rings. The average Bonchev–Trinajstić information content (AvgIpc) is 3.31. The third-order valence-corrected chi connectivity index (χ3v) is 8.17. The molecule has 0 aromatic carbocycles. The maximum atomic E-state index is 12.4. The fourth-order valence-corrected chi connectivity index (χ4v) is 6.54. The lowest BCUT2D eigenvalue weighted by Crippen LogP contribution is -2.63. The lowest BCUT2D eigenvalue weighted by molar-refractivity contribution is -0.163. The van der Waals surface area contributed by atoms with Gasteiger partial charge in [0, 0.05) is 22.7 Å². The number of hydrogen-bond acceptors (Lipinski definition) is 8. The third-order valence-electron chi connectivity index (χ3n) is 5.95. The molecule has 0 bridgehead atoms. The van der Waals surface area contributed by atoms with Crippen LogP contribution in [0.1, 0.15) is 19.5 Å². The molecule has 1 saturated heterocycles. The summed E-state index contributed by atoms with van der Waals surface area (Å²) in [5.74, 6) is -2.25. The molecule has 0 radical (unpaired) electrons. The van der Waals surface area contributed by atoms with Crippen LogP contribution in [0.15, 0.2) is 26.4 Å². The third kappa shape index (κ3) is 3.14. The molecule has 156 valence electrons. The number of thiazole rings is 1. The van der Waals surface area contributed by atoms with Gasteiger partial charge in [-0.1, -0.05) is 24.8 Å². The van der Waals surface area contributed by atoms with E-state index in [0.717, 1.165) is 17.8 Å². The normalized spacial score (nSPS) is 30.4. The number of aliphatic hydroxyl groups excluding tert-OH is 2. The summed E-state index contributed by atoms with van der Waals surface area (Å²) < 4.78 is 0.691. The van der Waals surface area contributed by atoms with Gasteiger partial charge < -0.3 is 20.2 Å². The fraction of sp³-hybridized carbons (Fsp3) is 0.526. The van der Waals surface area contributed by atoms with Crippen LogP contribution in [-0.2, 0) is 9.59 Å². The molecule has 29 heavy (non-hydrogen) atoms. The summed E-state index contributed by atoms with van der Waals surface area (Å²) in [4.78, 5) is 32.9. The predicted octanol–water partition coefficient (Wildman–Crippen LogP) is 1.08. The number of nitrogens with zero attached hydrogens (tertiary/aromatic N) is 3. The maximum absolute atomic E-state index is 12.4. The lowest BCUT2D eigenvalue weighted by atomic mass is 9.79. The van der Waals surface area contributed by atoms with Crippen LogP contribution in [0.5, 0.6) is 0 Å². The van der Waals surface area contributed by atoms with E-state index in [0.29, 0.717) is 9.24 Å². The summed E-state index contributed by atoms with van der Waals surface area (Å²) in [6.07, 6.45) is 1.22. The highest BCUT2D eigenvalue weighted by Gasteiger charge is 2.60. The molecular formula is C19H23N3O5S2. The molecule has 1 fully saturated rings. The van der Waals surface area contributed by atoms with E-state index in [1.54, 1.807) is 6.92 Å². The Morgan fingerprint density at radius 2 is 2.21 bits per heavy atom. The average molecular weight is 438 g/mol. The summed E-state index contributed by atoms with van der Waals surface area (Å²) in [5, 5.41) is 31.2. The van der Waals surface area contributed by atoms with Gasteiger partial charge in [-0.3, -0.25) is 9.69 Å². The SMILES string of the molecule is CC(O)C1C(=O)N2C(C(=O)O)=C(Sc3nc(C4=CCN(C)C4CO)cs3)C(C)C12. The molecule has 1 aromatic rings. The first-order chi connectivity index (χ1) is 13.8. The lowest BCUT2D eigenvalue weighted by Gasteiger charge is -2.46. The Labute approximate surface area is 176 Å². The number of thioether (sulfide) groups is 1. The fourth-order valence-electron chi connectivity index (χ4n) is 4.44. The summed E-state index contributed by atoms with van der Waals surface area (Å²) in [5.41, 5.74) is 1.75. The van der Waals surface area contributed by atoms with E-state index in [1.807, 2.05) is 30.3 Å². The summed E-state index contributed by atoms with van der Waals surface area (Å²) in [6, 6.07) is -0.430. The monoisotopic (exact) mass is 437 g/mol. The number of β-lactam (4-membered cyclic amide) rings is 1. The first-order valence-electron chi connectivity index (χ1n) is 9.39. The standard InChI is InChI=1S/C19H23N3O5S2/c1-8-14-13(9(2)24)17(25)22(14)15(18(26)27)16(8)29-19-20-11(7-28-19)10-4-5-21(3)12(10)6-23/h4,7-9,12-14,23-24H,5-6H2,1-3H3,(H,26,27). The van der Waals surface area contributed by atoms with Crippen molar-refractivity contribution in [1.82, 2.24) is 14.8 Å². The van der Waals surface area contributed by atoms with Crippen LogP contribution in [0.3, 0.4) is 0 Å². The van der Waals surface area contributed by atoms with Crippen molar-refractivity contribution >= 4 is 40.5 Å². The molecule has 8 nitrogen and oxygen atoms in total. The number of hydrogen-bond donors (Lipinski definition) is 3. The minimum absolute atomic E-state index is 0.000741. The number of carboxylic acid groups (broad SMARTS) is 1. The van der Waals surface area contributed by atoms with Crippen molar-refractivity contribution in [3.05, 3.63) is 27.8 Å². The van der Waals surface area contributed by atoms with E-state index in [2.05, 4.69) is 4.98 Å². The molecule has 3 aliphatic heterocycles. The minimum Gasteiger partial charge on any atom is -0.477 e. The van der Waals surface area contributed by atoms with Crippen molar-refractivity contribution in [2.45, 2.75) is 36.4 Å². The van der Waals surface area contributed by atoms with Crippen molar-refractivity contribution in [2.75, 3.05) is 20.2 Å². The van der Waals surface area contributed by atoms with Gasteiger partial charge >= 0.3 is 5.97 Å². The topological polar surface area (TPSA) is 114 Å². The van der Waals surface area contributed by atoms with Crippen molar-refractivity contribution in [2.24, 2.45) is 11.8 Å². The number of aromatic nitrogens is 1. The molecule has 4 rings (SSSR count). The molecular weight excluding hydrogens is 414 g/mol. The van der Waals surface area contributed by atoms with Gasteiger partial charge in [-0.15, -0.1) is 11.3 Å². The number of carbonyl (C=O) groups is 2. The molecule has 0 aliphatic carbocycles. The first kappa shape index (κ1) is 20.5. The Bertz CT molecular complexity index is 925. The number of rotatable bonds is 6. The van der Waals surface area contributed by atoms with E-state index in [1.165, 1.54) is 28.0 Å². The van der Waals surface area contributed by atoms with Gasteiger partial charge in [-0.25, -0.2) is 9.78 Å². The Kier molecular flexibility index (Phi) is 5.32. The van der Waals surface area contributed by atoms with Gasteiger partial charge in [0.2, 0.25) is 5.91 Å². The van der Waals surface area contributed by atoms with Gasteiger partial charge in [-0.05, 0) is 19.5 Å². The number of carboxylic acids is 1. The van der Waals surface area contributed by atoms with Crippen molar-refractivity contribution in [1.29, 1.82) is 0 Å². The predicted molar refractivity (Wildman–Crippen MR) is 109 cm³/mol. The summed E-state index contributed by atoms with van der Waals surface area (Å²) >= 11 is 2.69. The van der Waals surface area contributed by atoms with E-state index in [4.69, 9.17) is 0 Å².